The molecule has 0 bridgehead atoms. The van der Waals surface area contributed by atoms with Crippen molar-refractivity contribution in [2.45, 2.75) is 18.1 Å². The van der Waals surface area contributed by atoms with Gasteiger partial charge in [-0.3, -0.25) is 0 Å². The first-order valence-electron chi connectivity index (χ1n) is 5.05. The van der Waals surface area contributed by atoms with E-state index < -0.39 is 10.1 Å². The Morgan fingerprint density at radius 2 is 1.88 bits per heavy atom. The maximum absolute atomic E-state index is 11.9. The molecule has 0 N–H and O–H groups in total. The van der Waals surface area contributed by atoms with Crippen molar-refractivity contribution in [2.24, 2.45) is 0 Å². The zero-order chi connectivity index (χ0) is 12.5. The normalized spacial score (nSPS) is 11.4. The number of rotatable bonds is 3. The highest BCUT2D eigenvalue weighted by Gasteiger charge is 2.18. The van der Waals surface area contributed by atoms with Gasteiger partial charge in [0.1, 0.15) is 5.75 Å². The molecule has 1 aromatic heterocycles. The highest BCUT2D eigenvalue weighted by atomic mass is 32.3. The van der Waals surface area contributed by atoms with Crippen molar-refractivity contribution in [1.29, 1.82) is 0 Å². The van der Waals surface area contributed by atoms with Crippen molar-refractivity contribution in [1.82, 2.24) is 0 Å². The fraction of sp³-hybridized carbons (Fsp3) is 0.167. The van der Waals surface area contributed by atoms with Gasteiger partial charge in [0.25, 0.3) is 0 Å². The van der Waals surface area contributed by atoms with Gasteiger partial charge in [-0.25, -0.2) is 0 Å². The fourth-order valence-corrected chi connectivity index (χ4v) is 3.31. The molecule has 1 aromatic carbocycles. The van der Waals surface area contributed by atoms with Crippen molar-refractivity contribution in [3.8, 4) is 5.75 Å². The highest BCUT2D eigenvalue weighted by molar-refractivity contribution is 7.89. The summed E-state index contributed by atoms with van der Waals surface area (Å²) in [7, 11) is -3.69. The molecule has 0 radical (unpaired) electrons. The Bertz CT molecular complexity index is 613. The second kappa shape index (κ2) is 4.50. The van der Waals surface area contributed by atoms with Crippen molar-refractivity contribution < 1.29 is 12.6 Å². The Kier molecular flexibility index (Phi) is 3.22. The summed E-state index contributed by atoms with van der Waals surface area (Å²) in [6.45, 7) is 3.76. The van der Waals surface area contributed by atoms with E-state index in [0.29, 0.717) is 5.75 Å². The van der Waals surface area contributed by atoms with E-state index in [1.165, 1.54) is 6.07 Å². The van der Waals surface area contributed by atoms with Gasteiger partial charge in [-0.2, -0.15) is 8.42 Å². The van der Waals surface area contributed by atoms with E-state index in [9.17, 15) is 8.42 Å². The van der Waals surface area contributed by atoms with E-state index in [-0.39, 0.29) is 4.21 Å². The molecule has 0 fully saturated rings. The minimum Gasteiger partial charge on any atom is -0.378 e. The molecule has 0 aliphatic rings. The van der Waals surface area contributed by atoms with E-state index in [2.05, 4.69) is 0 Å². The van der Waals surface area contributed by atoms with Gasteiger partial charge in [-0.15, -0.1) is 11.3 Å². The predicted octanol–water partition coefficient (Wildman–Crippen LogP) is 3.13. The summed E-state index contributed by atoms with van der Waals surface area (Å²) in [4.78, 5) is 0. The van der Waals surface area contributed by atoms with Gasteiger partial charge < -0.3 is 4.18 Å². The maximum Gasteiger partial charge on any atom is 0.348 e. The summed E-state index contributed by atoms with van der Waals surface area (Å²) in [5.74, 6) is 0.387. The third kappa shape index (κ3) is 2.50. The lowest BCUT2D eigenvalue weighted by Crippen LogP contribution is -2.09. The lowest BCUT2D eigenvalue weighted by molar-refractivity contribution is 0.486. The van der Waals surface area contributed by atoms with E-state index in [1.54, 1.807) is 23.6 Å². The molecule has 0 aliphatic heterocycles. The first kappa shape index (κ1) is 12.1. The van der Waals surface area contributed by atoms with Gasteiger partial charge in [-0.05, 0) is 42.5 Å². The first-order valence-corrected chi connectivity index (χ1v) is 7.34. The van der Waals surface area contributed by atoms with Gasteiger partial charge in [0.2, 0.25) is 0 Å². The standard InChI is InChI=1S/C12H12O3S2/c1-9-5-3-6-11(10(9)2)15-17(13,14)12-7-4-8-16-12/h3-8H,1-2H3. The molecule has 0 saturated carbocycles. The molecule has 0 atom stereocenters. The second-order valence-corrected chi connectivity index (χ2v) is 6.39. The summed E-state index contributed by atoms with van der Waals surface area (Å²) in [6, 6.07) is 8.57. The van der Waals surface area contributed by atoms with E-state index in [1.807, 2.05) is 19.9 Å². The largest absolute Gasteiger partial charge is 0.378 e. The quantitative estimate of drug-likeness (QED) is 0.803. The third-order valence-corrected chi connectivity index (χ3v) is 5.09. The zero-order valence-electron chi connectivity index (χ0n) is 9.51. The van der Waals surface area contributed by atoms with Gasteiger partial charge in [0.15, 0.2) is 4.21 Å². The molecule has 3 nitrogen and oxygen atoms in total. The number of hydrogen-bond acceptors (Lipinski definition) is 4. The van der Waals surface area contributed by atoms with Gasteiger partial charge >= 0.3 is 10.1 Å². The average molecular weight is 268 g/mol. The van der Waals surface area contributed by atoms with Crippen LogP contribution in [0.15, 0.2) is 39.9 Å². The predicted molar refractivity (Wildman–Crippen MR) is 68.0 cm³/mol. The maximum atomic E-state index is 11.9. The average Bonchev–Trinajstić information content (AvgIpc) is 2.78. The third-order valence-electron chi connectivity index (χ3n) is 2.50. The lowest BCUT2D eigenvalue weighted by Gasteiger charge is -2.09. The minimum absolute atomic E-state index is 0.221. The summed E-state index contributed by atoms with van der Waals surface area (Å²) < 4.78 is 29.2. The van der Waals surface area contributed by atoms with Gasteiger partial charge in [0.05, 0.1) is 0 Å². The van der Waals surface area contributed by atoms with Gasteiger partial charge in [-0.1, -0.05) is 18.2 Å². The van der Waals surface area contributed by atoms with Crippen LogP contribution in [-0.2, 0) is 10.1 Å². The van der Waals surface area contributed by atoms with Gasteiger partial charge in [0, 0.05) is 0 Å². The van der Waals surface area contributed by atoms with Crippen LogP contribution in [0, 0.1) is 13.8 Å². The van der Waals surface area contributed by atoms with Crippen LogP contribution in [0.4, 0.5) is 0 Å². The Labute approximate surface area is 105 Å². The summed E-state index contributed by atoms with van der Waals surface area (Å²) in [5, 5.41) is 1.71. The molecule has 5 heteroatoms. The van der Waals surface area contributed by atoms with Crippen LogP contribution >= 0.6 is 11.3 Å². The van der Waals surface area contributed by atoms with E-state index in [0.717, 1.165) is 22.5 Å². The molecule has 0 amide bonds. The molecule has 1 heterocycles. The minimum atomic E-state index is -3.69. The summed E-state index contributed by atoms with van der Waals surface area (Å²) in [5.41, 5.74) is 1.84. The van der Waals surface area contributed by atoms with Crippen molar-refractivity contribution in [3.05, 3.63) is 46.8 Å². The molecule has 0 aliphatic carbocycles. The molecule has 0 spiro atoms. The number of thiophene rings is 1. The van der Waals surface area contributed by atoms with Crippen LogP contribution < -0.4 is 4.18 Å². The molecule has 0 saturated heterocycles. The molecular weight excluding hydrogens is 256 g/mol. The Morgan fingerprint density at radius 1 is 1.12 bits per heavy atom. The van der Waals surface area contributed by atoms with Crippen LogP contribution in [0.3, 0.4) is 0 Å². The number of benzene rings is 1. The van der Waals surface area contributed by atoms with Crippen LogP contribution in [-0.4, -0.2) is 8.42 Å². The molecule has 2 aromatic rings. The van der Waals surface area contributed by atoms with Crippen LogP contribution in [0.1, 0.15) is 11.1 Å². The van der Waals surface area contributed by atoms with Crippen molar-refractivity contribution in [3.63, 3.8) is 0 Å². The molecule has 2 rings (SSSR count). The summed E-state index contributed by atoms with van der Waals surface area (Å²) in [6.07, 6.45) is 0. The SMILES string of the molecule is Cc1cccc(OS(=O)(=O)c2cccs2)c1C. The van der Waals surface area contributed by atoms with Crippen LogP contribution in [0.5, 0.6) is 5.75 Å². The number of hydrogen-bond donors (Lipinski definition) is 0. The summed E-state index contributed by atoms with van der Waals surface area (Å²) >= 11 is 1.15. The molecule has 0 unspecified atom stereocenters. The number of aryl methyl sites for hydroxylation is 1. The van der Waals surface area contributed by atoms with E-state index >= 15 is 0 Å². The molecule has 90 valence electrons. The van der Waals surface area contributed by atoms with E-state index in [4.69, 9.17) is 4.18 Å². The fourth-order valence-electron chi connectivity index (χ4n) is 1.38. The van der Waals surface area contributed by atoms with Crippen LogP contribution in [0.2, 0.25) is 0 Å². The van der Waals surface area contributed by atoms with Crippen molar-refractivity contribution in [2.75, 3.05) is 0 Å². The first-order chi connectivity index (χ1) is 8.00. The Hall–Kier alpha value is -1.33. The molecule has 17 heavy (non-hydrogen) atoms. The lowest BCUT2D eigenvalue weighted by atomic mass is 10.1. The highest BCUT2D eigenvalue weighted by Crippen LogP contribution is 2.26. The molecular formula is C12H12O3S2. The Balaban J connectivity index is 2.37. The zero-order valence-corrected chi connectivity index (χ0v) is 11.1. The second-order valence-electron chi connectivity index (χ2n) is 3.67. The monoisotopic (exact) mass is 268 g/mol. The smallest absolute Gasteiger partial charge is 0.348 e. The van der Waals surface area contributed by atoms with Crippen molar-refractivity contribution >= 4 is 21.5 Å². The Morgan fingerprint density at radius 3 is 2.53 bits per heavy atom. The van der Waals surface area contributed by atoms with Crippen LogP contribution in [0.25, 0.3) is 0 Å². The topological polar surface area (TPSA) is 43.4 Å².